The van der Waals surface area contributed by atoms with Crippen molar-refractivity contribution >= 4 is 27.5 Å². The zero-order valence-electron chi connectivity index (χ0n) is 22.3. The van der Waals surface area contributed by atoms with Gasteiger partial charge in [-0.15, -0.1) is 0 Å². The van der Waals surface area contributed by atoms with E-state index in [-0.39, 0.29) is 23.0 Å². The molecule has 1 atom stereocenters. The molecular weight excluding hydrogens is 521 g/mol. The molecule has 1 N–H and O–H groups in total. The molecule has 0 aliphatic heterocycles. The summed E-state index contributed by atoms with van der Waals surface area (Å²) in [5.74, 6) is -0.922. The maximum atomic E-state index is 13.9. The van der Waals surface area contributed by atoms with Crippen molar-refractivity contribution in [1.29, 1.82) is 0 Å². The van der Waals surface area contributed by atoms with E-state index in [1.807, 2.05) is 37.3 Å². The monoisotopic (exact) mass is 555 g/mol. The Hall–Kier alpha value is -3.92. The number of hydrogen-bond acceptors (Lipinski definition) is 5. The summed E-state index contributed by atoms with van der Waals surface area (Å²) in [6.45, 7) is 5.78. The molecule has 3 aromatic carbocycles. The molecule has 3 aromatic rings. The largest absolute Gasteiger partial charge is 0.494 e. The minimum Gasteiger partial charge on any atom is -0.494 e. The van der Waals surface area contributed by atoms with Gasteiger partial charge in [-0.25, -0.2) is 12.8 Å². The molecule has 0 aromatic heterocycles. The predicted octanol–water partition coefficient (Wildman–Crippen LogP) is 4.36. The zero-order chi connectivity index (χ0) is 28.4. The average molecular weight is 556 g/mol. The molecule has 0 fully saturated rings. The van der Waals surface area contributed by atoms with E-state index in [1.54, 1.807) is 38.1 Å². The van der Waals surface area contributed by atoms with Gasteiger partial charge in [0.2, 0.25) is 11.8 Å². The smallest absolute Gasteiger partial charge is 0.264 e. The van der Waals surface area contributed by atoms with Crippen LogP contribution >= 0.6 is 0 Å². The molecule has 0 heterocycles. The quantitative estimate of drug-likeness (QED) is 0.338. The summed E-state index contributed by atoms with van der Waals surface area (Å²) in [6.07, 6.45) is 0.332. The molecular formula is C29H34FN3O5S. The molecule has 3 rings (SSSR count). The molecule has 0 aliphatic rings. The first-order chi connectivity index (χ1) is 18.7. The van der Waals surface area contributed by atoms with E-state index in [2.05, 4.69) is 5.32 Å². The van der Waals surface area contributed by atoms with Crippen LogP contribution in [0.5, 0.6) is 5.75 Å². The Bertz CT molecular complexity index is 1330. The molecule has 0 radical (unpaired) electrons. The van der Waals surface area contributed by atoms with Gasteiger partial charge in [-0.1, -0.05) is 37.3 Å². The molecule has 0 saturated carbocycles. The number of carbonyl (C=O) groups is 2. The third-order valence-electron chi connectivity index (χ3n) is 6.05. The van der Waals surface area contributed by atoms with E-state index >= 15 is 0 Å². The lowest BCUT2D eigenvalue weighted by Gasteiger charge is -2.33. The molecule has 208 valence electrons. The lowest BCUT2D eigenvalue weighted by molar-refractivity contribution is -0.140. The zero-order valence-corrected chi connectivity index (χ0v) is 23.2. The van der Waals surface area contributed by atoms with Crippen molar-refractivity contribution in [3.05, 3.63) is 90.2 Å². The number of halogens is 1. The van der Waals surface area contributed by atoms with Gasteiger partial charge in [0, 0.05) is 13.1 Å². The normalized spacial score (nSPS) is 11.9. The second kappa shape index (κ2) is 13.7. The number of rotatable bonds is 13. The third-order valence-corrected chi connectivity index (χ3v) is 7.84. The van der Waals surface area contributed by atoms with Gasteiger partial charge >= 0.3 is 0 Å². The van der Waals surface area contributed by atoms with Crippen LogP contribution < -0.4 is 14.4 Å². The highest BCUT2D eigenvalue weighted by atomic mass is 32.2. The average Bonchev–Trinajstić information content (AvgIpc) is 2.93. The number of carbonyl (C=O) groups excluding carboxylic acids is 2. The standard InChI is InChI=1S/C29H34FN3O5S/c1-4-27(29(35)31-5-2)32(20-22-10-8-7-9-11-22)28(34)21-33(24-14-16-25(17-15-24)38-6-3)39(36,37)26-18-12-23(30)13-19-26/h7-19,27H,4-6,20-21H2,1-3H3,(H,31,35)/t27-/m1/s1. The number of nitrogens with one attached hydrogen (secondary N) is 1. The topological polar surface area (TPSA) is 96.0 Å². The Morgan fingerprint density at radius 3 is 2.13 bits per heavy atom. The van der Waals surface area contributed by atoms with Crippen LogP contribution in [-0.2, 0) is 26.2 Å². The third kappa shape index (κ3) is 7.57. The summed E-state index contributed by atoms with van der Waals surface area (Å²) in [5.41, 5.74) is 1.02. The Labute approximate surface area is 229 Å². The van der Waals surface area contributed by atoms with Crippen LogP contribution in [0.25, 0.3) is 0 Å². The molecule has 0 aliphatic carbocycles. The Morgan fingerprint density at radius 1 is 0.923 bits per heavy atom. The Balaban J connectivity index is 2.04. The fourth-order valence-corrected chi connectivity index (χ4v) is 5.54. The molecule has 0 bridgehead atoms. The van der Waals surface area contributed by atoms with Crippen LogP contribution in [-0.4, -0.2) is 50.9 Å². The fourth-order valence-electron chi connectivity index (χ4n) is 4.13. The van der Waals surface area contributed by atoms with Crippen LogP contribution in [0.2, 0.25) is 0 Å². The van der Waals surface area contributed by atoms with E-state index in [4.69, 9.17) is 4.74 Å². The van der Waals surface area contributed by atoms with Crippen molar-refractivity contribution in [2.24, 2.45) is 0 Å². The minimum atomic E-state index is -4.28. The van der Waals surface area contributed by atoms with Crippen molar-refractivity contribution in [3.63, 3.8) is 0 Å². The lowest BCUT2D eigenvalue weighted by atomic mass is 10.1. The number of hydrogen-bond donors (Lipinski definition) is 1. The van der Waals surface area contributed by atoms with Crippen LogP contribution in [0.15, 0.2) is 83.8 Å². The number of likely N-dealkylation sites (N-methyl/N-ethyl adjacent to an activating group) is 1. The van der Waals surface area contributed by atoms with Crippen molar-refractivity contribution in [3.8, 4) is 5.75 Å². The summed E-state index contributed by atoms with van der Waals surface area (Å²) in [4.78, 5) is 28.1. The summed E-state index contributed by atoms with van der Waals surface area (Å²) < 4.78 is 47.6. The number of ether oxygens (including phenoxy) is 1. The lowest BCUT2D eigenvalue weighted by Crippen LogP contribution is -2.52. The fraction of sp³-hybridized carbons (Fsp3) is 0.310. The van der Waals surface area contributed by atoms with Crippen molar-refractivity contribution in [1.82, 2.24) is 10.2 Å². The van der Waals surface area contributed by atoms with Gasteiger partial charge in [-0.05, 0) is 74.4 Å². The summed E-state index contributed by atoms with van der Waals surface area (Å²) in [5, 5.41) is 2.77. The van der Waals surface area contributed by atoms with Crippen LogP contribution in [0.4, 0.5) is 10.1 Å². The Morgan fingerprint density at radius 2 is 1.56 bits per heavy atom. The minimum absolute atomic E-state index is 0.114. The maximum Gasteiger partial charge on any atom is 0.264 e. The van der Waals surface area contributed by atoms with E-state index < -0.39 is 34.3 Å². The van der Waals surface area contributed by atoms with E-state index in [9.17, 15) is 22.4 Å². The van der Waals surface area contributed by atoms with Gasteiger partial charge in [-0.2, -0.15) is 0 Å². The van der Waals surface area contributed by atoms with Crippen molar-refractivity contribution < 1.29 is 27.1 Å². The Kier molecular flexibility index (Phi) is 10.4. The first-order valence-corrected chi connectivity index (χ1v) is 14.3. The second-order valence-corrected chi connectivity index (χ2v) is 10.6. The van der Waals surface area contributed by atoms with Gasteiger partial charge in [0.15, 0.2) is 0 Å². The summed E-state index contributed by atoms with van der Waals surface area (Å²) >= 11 is 0. The molecule has 0 unspecified atom stereocenters. The molecule has 2 amide bonds. The van der Waals surface area contributed by atoms with Gasteiger partial charge in [0.25, 0.3) is 10.0 Å². The number of amides is 2. The highest BCUT2D eigenvalue weighted by Gasteiger charge is 2.33. The molecule has 0 spiro atoms. The molecule has 0 saturated heterocycles. The maximum absolute atomic E-state index is 13.9. The van der Waals surface area contributed by atoms with Gasteiger partial charge in [0.1, 0.15) is 24.2 Å². The van der Waals surface area contributed by atoms with E-state index in [0.29, 0.717) is 25.3 Å². The number of anilines is 1. The molecule has 8 nitrogen and oxygen atoms in total. The summed E-state index contributed by atoms with van der Waals surface area (Å²) in [7, 11) is -4.28. The van der Waals surface area contributed by atoms with Crippen LogP contribution in [0.3, 0.4) is 0 Å². The van der Waals surface area contributed by atoms with Crippen molar-refractivity contribution in [2.75, 3.05) is 24.0 Å². The van der Waals surface area contributed by atoms with Gasteiger partial charge < -0.3 is 15.0 Å². The van der Waals surface area contributed by atoms with Gasteiger partial charge in [0.05, 0.1) is 17.2 Å². The first kappa shape index (κ1) is 29.6. The van der Waals surface area contributed by atoms with Crippen LogP contribution in [0.1, 0.15) is 32.8 Å². The number of sulfonamides is 1. The van der Waals surface area contributed by atoms with Crippen LogP contribution in [0, 0.1) is 5.82 Å². The first-order valence-electron chi connectivity index (χ1n) is 12.8. The SMILES string of the molecule is CCNC(=O)[C@@H](CC)N(Cc1ccccc1)C(=O)CN(c1ccc(OCC)cc1)S(=O)(=O)c1ccc(F)cc1. The van der Waals surface area contributed by atoms with E-state index in [0.717, 1.165) is 34.1 Å². The van der Waals surface area contributed by atoms with Gasteiger partial charge in [-0.3, -0.25) is 13.9 Å². The second-order valence-electron chi connectivity index (χ2n) is 8.72. The molecule has 39 heavy (non-hydrogen) atoms. The highest BCUT2D eigenvalue weighted by molar-refractivity contribution is 7.92. The van der Waals surface area contributed by atoms with Crippen molar-refractivity contribution in [2.45, 2.75) is 44.7 Å². The predicted molar refractivity (Wildman–Crippen MR) is 148 cm³/mol. The number of nitrogens with zero attached hydrogens (tertiary/aromatic N) is 2. The molecule has 10 heteroatoms. The number of benzene rings is 3. The van der Waals surface area contributed by atoms with E-state index in [1.165, 1.54) is 4.90 Å². The highest BCUT2D eigenvalue weighted by Crippen LogP contribution is 2.27. The summed E-state index contributed by atoms with van der Waals surface area (Å²) in [6, 6.07) is 19.1.